The summed E-state index contributed by atoms with van der Waals surface area (Å²) in [7, 11) is 0. The van der Waals surface area contributed by atoms with Crippen molar-refractivity contribution in [2.45, 2.75) is 52.9 Å². The van der Waals surface area contributed by atoms with Crippen LogP contribution in [-0.2, 0) is 9.53 Å². The first-order chi connectivity index (χ1) is 8.45. The van der Waals surface area contributed by atoms with E-state index in [1.54, 1.807) is 0 Å². The third-order valence-corrected chi connectivity index (χ3v) is 5.35. The van der Waals surface area contributed by atoms with E-state index in [-0.39, 0.29) is 5.97 Å². The van der Waals surface area contributed by atoms with Crippen LogP contribution in [0.3, 0.4) is 0 Å². The predicted molar refractivity (Wildman–Crippen MR) is 73.1 cm³/mol. The minimum absolute atomic E-state index is 0.158. The van der Waals surface area contributed by atoms with E-state index in [2.05, 4.69) is 20.4 Å². The molecule has 0 aromatic rings. The normalized spacial score (nSPS) is 37.2. The van der Waals surface area contributed by atoms with Crippen molar-refractivity contribution in [1.82, 2.24) is 0 Å². The molecule has 2 aliphatic carbocycles. The van der Waals surface area contributed by atoms with Gasteiger partial charge in [-0.15, -0.1) is 0 Å². The lowest BCUT2D eigenvalue weighted by Crippen LogP contribution is -2.37. The van der Waals surface area contributed by atoms with Crippen molar-refractivity contribution in [3.8, 4) is 0 Å². The summed E-state index contributed by atoms with van der Waals surface area (Å²) >= 11 is 0. The van der Waals surface area contributed by atoms with E-state index in [4.69, 9.17) is 4.74 Å². The molecule has 0 radical (unpaired) electrons. The second kappa shape index (κ2) is 5.07. The highest BCUT2D eigenvalue weighted by molar-refractivity contribution is 5.65. The number of carbonyl (C=O) groups excluding carboxylic acids is 1. The highest BCUT2D eigenvalue weighted by atomic mass is 16.5. The van der Waals surface area contributed by atoms with Crippen LogP contribution in [0.15, 0.2) is 12.2 Å². The lowest BCUT2D eigenvalue weighted by Gasteiger charge is -2.44. The van der Waals surface area contributed by atoms with Crippen LogP contribution in [0.5, 0.6) is 0 Å². The molecule has 0 bridgehead atoms. The van der Waals surface area contributed by atoms with Gasteiger partial charge in [-0.2, -0.15) is 0 Å². The average molecular weight is 250 g/mol. The monoisotopic (exact) mass is 250 g/mol. The SMILES string of the molecule is C=C1CCC[C@]2(C)[C@@H]([C@H](C)COC(C)=O)CC[C@@H]12. The zero-order valence-electron chi connectivity index (χ0n) is 12.0. The Morgan fingerprint density at radius 2 is 2.28 bits per heavy atom. The van der Waals surface area contributed by atoms with Crippen molar-refractivity contribution in [1.29, 1.82) is 0 Å². The minimum atomic E-state index is -0.158. The summed E-state index contributed by atoms with van der Waals surface area (Å²) in [6, 6.07) is 0. The number of allylic oxidation sites excluding steroid dienone is 1. The summed E-state index contributed by atoms with van der Waals surface area (Å²) in [4.78, 5) is 10.9. The molecule has 18 heavy (non-hydrogen) atoms. The first-order valence-corrected chi connectivity index (χ1v) is 7.26. The van der Waals surface area contributed by atoms with Crippen molar-refractivity contribution in [2.24, 2.45) is 23.2 Å². The smallest absolute Gasteiger partial charge is 0.302 e. The molecule has 2 fully saturated rings. The van der Waals surface area contributed by atoms with Crippen LogP contribution in [0.25, 0.3) is 0 Å². The van der Waals surface area contributed by atoms with E-state index < -0.39 is 0 Å². The number of hydrogen-bond donors (Lipinski definition) is 0. The molecule has 0 unspecified atom stereocenters. The zero-order chi connectivity index (χ0) is 13.3. The Balaban J connectivity index is 2.05. The molecule has 0 N–H and O–H groups in total. The van der Waals surface area contributed by atoms with E-state index >= 15 is 0 Å². The van der Waals surface area contributed by atoms with E-state index in [0.29, 0.717) is 29.8 Å². The van der Waals surface area contributed by atoms with Crippen LogP contribution in [0.4, 0.5) is 0 Å². The molecule has 2 heteroatoms. The number of rotatable bonds is 3. The van der Waals surface area contributed by atoms with Crippen molar-refractivity contribution in [3.05, 3.63) is 12.2 Å². The Bertz CT molecular complexity index is 347. The van der Waals surface area contributed by atoms with Crippen molar-refractivity contribution >= 4 is 5.97 Å². The van der Waals surface area contributed by atoms with Crippen molar-refractivity contribution < 1.29 is 9.53 Å². The van der Waals surface area contributed by atoms with Gasteiger partial charge in [0.15, 0.2) is 0 Å². The second-order valence-electron chi connectivity index (χ2n) is 6.53. The van der Waals surface area contributed by atoms with Crippen molar-refractivity contribution in [3.63, 3.8) is 0 Å². The van der Waals surface area contributed by atoms with Crippen LogP contribution in [-0.4, -0.2) is 12.6 Å². The molecule has 102 valence electrons. The third-order valence-electron chi connectivity index (χ3n) is 5.35. The molecule has 0 aromatic heterocycles. The maximum absolute atomic E-state index is 10.9. The van der Waals surface area contributed by atoms with Crippen molar-refractivity contribution in [2.75, 3.05) is 6.61 Å². The Morgan fingerprint density at radius 1 is 1.56 bits per heavy atom. The lowest BCUT2D eigenvalue weighted by molar-refractivity contribution is -0.143. The van der Waals surface area contributed by atoms with E-state index in [0.717, 1.165) is 0 Å². The summed E-state index contributed by atoms with van der Waals surface area (Å²) in [6.07, 6.45) is 6.35. The summed E-state index contributed by atoms with van der Waals surface area (Å²) in [5, 5.41) is 0. The van der Waals surface area contributed by atoms with Gasteiger partial charge in [-0.25, -0.2) is 0 Å². The Hall–Kier alpha value is -0.790. The molecule has 2 nitrogen and oxygen atoms in total. The molecular formula is C16H26O2. The molecule has 0 aromatic carbocycles. The Labute approximate surface area is 111 Å². The number of fused-ring (bicyclic) bond motifs is 1. The zero-order valence-corrected chi connectivity index (χ0v) is 12.0. The fourth-order valence-electron chi connectivity index (χ4n) is 4.46. The molecule has 2 saturated carbocycles. The fraction of sp³-hybridized carbons (Fsp3) is 0.812. The Morgan fingerprint density at radius 3 is 2.94 bits per heavy atom. The van der Waals surface area contributed by atoms with Gasteiger partial charge in [0.2, 0.25) is 0 Å². The minimum Gasteiger partial charge on any atom is -0.466 e. The summed E-state index contributed by atoms with van der Waals surface area (Å²) in [5.74, 6) is 1.69. The van der Waals surface area contributed by atoms with Gasteiger partial charge in [0.05, 0.1) is 6.61 Å². The fourth-order valence-corrected chi connectivity index (χ4v) is 4.46. The number of esters is 1. The van der Waals surface area contributed by atoms with Gasteiger partial charge in [-0.1, -0.05) is 26.0 Å². The van der Waals surface area contributed by atoms with Gasteiger partial charge in [0.25, 0.3) is 0 Å². The number of hydrogen-bond acceptors (Lipinski definition) is 2. The highest BCUT2D eigenvalue weighted by Crippen LogP contribution is 2.58. The molecule has 0 spiro atoms. The van der Waals surface area contributed by atoms with Crippen LogP contribution >= 0.6 is 0 Å². The highest BCUT2D eigenvalue weighted by Gasteiger charge is 2.50. The molecule has 4 atom stereocenters. The first kappa shape index (κ1) is 13.6. The molecule has 0 heterocycles. The number of carbonyl (C=O) groups is 1. The lowest BCUT2D eigenvalue weighted by atomic mass is 9.61. The first-order valence-electron chi connectivity index (χ1n) is 7.26. The van der Waals surface area contributed by atoms with E-state index in [9.17, 15) is 4.79 Å². The molecule has 2 aliphatic rings. The summed E-state index contributed by atoms with van der Waals surface area (Å²) in [5.41, 5.74) is 1.86. The molecular weight excluding hydrogens is 224 g/mol. The maximum Gasteiger partial charge on any atom is 0.302 e. The quantitative estimate of drug-likeness (QED) is 0.560. The van der Waals surface area contributed by atoms with Gasteiger partial charge >= 0.3 is 5.97 Å². The van der Waals surface area contributed by atoms with Gasteiger partial charge in [0.1, 0.15) is 0 Å². The van der Waals surface area contributed by atoms with E-state index in [1.165, 1.54) is 44.6 Å². The predicted octanol–water partition coefficient (Wildman–Crippen LogP) is 3.96. The second-order valence-corrected chi connectivity index (χ2v) is 6.53. The van der Waals surface area contributed by atoms with Gasteiger partial charge < -0.3 is 4.74 Å². The Kier molecular flexibility index (Phi) is 3.84. The molecule has 0 amide bonds. The van der Waals surface area contributed by atoms with Crippen LogP contribution in [0, 0.1) is 23.2 Å². The van der Waals surface area contributed by atoms with Gasteiger partial charge in [-0.05, 0) is 55.3 Å². The molecule has 2 rings (SSSR count). The largest absolute Gasteiger partial charge is 0.466 e. The molecule has 0 aliphatic heterocycles. The van der Waals surface area contributed by atoms with Crippen LogP contribution in [0.1, 0.15) is 52.9 Å². The summed E-state index contributed by atoms with van der Waals surface area (Å²) in [6.45, 7) is 11.0. The standard InChI is InChI=1S/C16H26O2/c1-11-6-5-9-16(4)14(11)7-8-15(16)12(2)10-18-13(3)17/h12,14-15H,1,5-10H2,2-4H3/t12-,14+,15-,16+/m1/s1. The van der Waals surface area contributed by atoms with Gasteiger partial charge in [-0.3, -0.25) is 4.79 Å². The molecule has 0 saturated heterocycles. The summed E-state index contributed by atoms with van der Waals surface area (Å²) < 4.78 is 5.21. The number of ether oxygens (including phenoxy) is 1. The van der Waals surface area contributed by atoms with E-state index in [1.807, 2.05) is 0 Å². The maximum atomic E-state index is 10.9. The van der Waals surface area contributed by atoms with Crippen LogP contribution < -0.4 is 0 Å². The van der Waals surface area contributed by atoms with Crippen LogP contribution in [0.2, 0.25) is 0 Å². The third kappa shape index (κ3) is 2.34. The average Bonchev–Trinajstić information content (AvgIpc) is 2.64. The van der Waals surface area contributed by atoms with Gasteiger partial charge in [0, 0.05) is 6.92 Å². The topological polar surface area (TPSA) is 26.3 Å².